The van der Waals surface area contributed by atoms with Crippen molar-refractivity contribution in [2.75, 3.05) is 13.7 Å². The molecule has 0 bridgehead atoms. The van der Waals surface area contributed by atoms with Crippen molar-refractivity contribution in [1.29, 1.82) is 0 Å². The van der Waals surface area contributed by atoms with Crippen molar-refractivity contribution in [3.63, 3.8) is 0 Å². The fourth-order valence-electron chi connectivity index (χ4n) is 2.16. The highest BCUT2D eigenvalue weighted by Gasteiger charge is 2.43. The Hall–Kier alpha value is -1.64. The maximum Gasteiger partial charge on any atom is 0.322 e. The van der Waals surface area contributed by atoms with E-state index in [-0.39, 0.29) is 17.9 Å². The van der Waals surface area contributed by atoms with Gasteiger partial charge in [-0.25, -0.2) is 8.42 Å². The van der Waals surface area contributed by atoms with Gasteiger partial charge in [-0.3, -0.25) is 4.79 Å². The first kappa shape index (κ1) is 14.8. The van der Waals surface area contributed by atoms with Gasteiger partial charge in [-0.05, 0) is 24.3 Å². The average Bonchev–Trinajstić information content (AvgIpc) is 2.82. The van der Waals surface area contributed by atoms with Crippen molar-refractivity contribution in [2.45, 2.75) is 23.5 Å². The maximum absolute atomic E-state index is 12.4. The first-order valence-corrected chi connectivity index (χ1v) is 7.37. The van der Waals surface area contributed by atoms with E-state index >= 15 is 0 Å². The lowest BCUT2D eigenvalue weighted by Gasteiger charge is -2.20. The predicted octanol–water partition coefficient (Wildman–Crippen LogP) is -0.0963. The Morgan fingerprint density at radius 3 is 2.45 bits per heavy atom. The van der Waals surface area contributed by atoms with E-state index in [0.29, 0.717) is 5.75 Å². The second-order valence-electron chi connectivity index (χ2n) is 4.49. The molecule has 1 aromatic rings. The Kier molecular flexibility index (Phi) is 3.98. The van der Waals surface area contributed by atoms with Gasteiger partial charge in [0, 0.05) is 13.0 Å². The second kappa shape index (κ2) is 5.39. The zero-order valence-corrected chi connectivity index (χ0v) is 11.6. The van der Waals surface area contributed by atoms with Gasteiger partial charge in [-0.1, -0.05) is 0 Å². The summed E-state index contributed by atoms with van der Waals surface area (Å²) >= 11 is 0. The Labute approximate surface area is 116 Å². The van der Waals surface area contributed by atoms with Crippen LogP contribution in [0.2, 0.25) is 0 Å². The Morgan fingerprint density at radius 2 is 1.95 bits per heavy atom. The van der Waals surface area contributed by atoms with Crippen LogP contribution < -0.4 is 4.74 Å². The van der Waals surface area contributed by atoms with Gasteiger partial charge in [-0.15, -0.1) is 0 Å². The molecule has 1 aromatic carbocycles. The van der Waals surface area contributed by atoms with Crippen molar-refractivity contribution >= 4 is 16.0 Å². The summed E-state index contributed by atoms with van der Waals surface area (Å²) in [5.74, 6) is -0.765. The molecule has 2 rings (SSSR count). The Balaban J connectivity index is 2.35. The molecule has 0 unspecified atom stereocenters. The molecule has 0 aromatic heterocycles. The number of rotatable bonds is 4. The third-order valence-electron chi connectivity index (χ3n) is 3.18. The van der Waals surface area contributed by atoms with Gasteiger partial charge in [-0.2, -0.15) is 4.31 Å². The van der Waals surface area contributed by atoms with Crippen LogP contribution in [0.5, 0.6) is 5.75 Å². The van der Waals surface area contributed by atoms with Crippen LogP contribution in [0.1, 0.15) is 6.42 Å². The summed E-state index contributed by atoms with van der Waals surface area (Å²) in [6, 6.07) is 4.41. The molecule has 2 atom stereocenters. The van der Waals surface area contributed by atoms with Crippen LogP contribution >= 0.6 is 0 Å². The van der Waals surface area contributed by atoms with Crippen molar-refractivity contribution in [3.8, 4) is 5.75 Å². The molecule has 2 N–H and O–H groups in total. The number of carboxylic acid groups (broad SMARTS) is 1. The average molecular weight is 301 g/mol. The lowest BCUT2D eigenvalue weighted by Crippen LogP contribution is -2.40. The van der Waals surface area contributed by atoms with Crippen molar-refractivity contribution < 1.29 is 28.2 Å². The molecule has 110 valence electrons. The van der Waals surface area contributed by atoms with Crippen molar-refractivity contribution in [2.24, 2.45) is 0 Å². The van der Waals surface area contributed by atoms with Gasteiger partial charge >= 0.3 is 5.97 Å². The lowest BCUT2D eigenvalue weighted by molar-refractivity contribution is -0.140. The molecule has 8 heteroatoms. The molecule has 1 heterocycles. The number of aliphatic hydroxyl groups is 1. The van der Waals surface area contributed by atoms with E-state index in [2.05, 4.69) is 0 Å². The third-order valence-corrected chi connectivity index (χ3v) is 5.07. The summed E-state index contributed by atoms with van der Waals surface area (Å²) in [7, 11) is -2.49. The summed E-state index contributed by atoms with van der Waals surface area (Å²) in [6.07, 6.45) is -1.07. The summed E-state index contributed by atoms with van der Waals surface area (Å²) in [5, 5.41) is 18.6. The number of sulfonamides is 1. The molecule has 1 aliphatic heterocycles. The van der Waals surface area contributed by atoms with Gasteiger partial charge in [0.1, 0.15) is 11.8 Å². The van der Waals surface area contributed by atoms with Crippen LogP contribution in [0.15, 0.2) is 29.2 Å². The van der Waals surface area contributed by atoms with Gasteiger partial charge in [0.05, 0.1) is 18.1 Å². The highest BCUT2D eigenvalue weighted by atomic mass is 32.2. The smallest absolute Gasteiger partial charge is 0.322 e. The van der Waals surface area contributed by atoms with Crippen LogP contribution in [0, 0.1) is 0 Å². The number of carbonyl (C=O) groups is 1. The minimum atomic E-state index is -3.95. The molecule has 0 amide bonds. The van der Waals surface area contributed by atoms with Crippen LogP contribution in [-0.2, 0) is 14.8 Å². The number of aliphatic hydroxyl groups excluding tert-OH is 1. The third kappa shape index (κ3) is 2.62. The van der Waals surface area contributed by atoms with Crippen LogP contribution in [0.3, 0.4) is 0 Å². The molecule has 7 nitrogen and oxygen atoms in total. The van der Waals surface area contributed by atoms with E-state index in [9.17, 15) is 18.3 Å². The number of hydrogen-bond acceptors (Lipinski definition) is 5. The molecule has 0 spiro atoms. The molecule has 1 saturated heterocycles. The highest BCUT2D eigenvalue weighted by molar-refractivity contribution is 7.89. The number of ether oxygens (including phenoxy) is 1. The predicted molar refractivity (Wildman–Crippen MR) is 68.9 cm³/mol. The van der Waals surface area contributed by atoms with Crippen molar-refractivity contribution in [3.05, 3.63) is 24.3 Å². The normalized spacial score (nSPS) is 23.7. The summed E-state index contributed by atoms with van der Waals surface area (Å²) in [4.78, 5) is 11.1. The number of methoxy groups -OCH3 is 1. The number of carboxylic acids is 1. The van der Waals surface area contributed by atoms with E-state index in [1.54, 1.807) is 0 Å². The standard InChI is InChI=1S/C12H15NO6S/c1-19-9-2-4-10(5-3-9)20(17,18)13-7-8(14)6-11(13)12(15)16/h2-5,8,11,14H,6-7H2,1H3,(H,15,16)/t8-,11-/m1/s1. The largest absolute Gasteiger partial charge is 0.497 e. The number of β-amino-alcohol motifs (C(OH)–C–C–N with tert-alkyl or cyclic N) is 1. The van der Waals surface area contributed by atoms with Gasteiger partial charge in [0.25, 0.3) is 0 Å². The number of hydrogen-bond donors (Lipinski definition) is 2. The van der Waals surface area contributed by atoms with E-state index in [4.69, 9.17) is 9.84 Å². The minimum absolute atomic E-state index is 0.0290. The topological polar surface area (TPSA) is 104 Å². The number of nitrogens with zero attached hydrogens (tertiary/aromatic N) is 1. The van der Waals surface area contributed by atoms with E-state index in [1.807, 2.05) is 0 Å². The Morgan fingerprint density at radius 1 is 1.35 bits per heavy atom. The zero-order valence-electron chi connectivity index (χ0n) is 10.8. The first-order valence-electron chi connectivity index (χ1n) is 5.93. The minimum Gasteiger partial charge on any atom is -0.497 e. The molecule has 1 fully saturated rings. The van der Waals surface area contributed by atoms with E-state index in [1.165, 1.54) is 31.4 Å². The molecule has 0 aliphatic carbocycles. The molecule has 20 heavy (non-hydrogen) atoms. The van der Waals surface area contributed by atoms with Crippen LogP contribution in [0.25, 0.3) is 0 Å². The summed E-state index contributed by atoms with van der Waals surface area (Å²) in [6.45, 7) is -0.217. The lowest BCUT2D eigenvalue weighted by atomic mass is 10.2. The number of aliphatic carboxylic acids is 1. The Bertz CT molecular complexity index is 597. The van der Waals surface area contributed by atoms with E-state index < -0.39 is 28.1 Å². The molecular weight excluding hydrogens is 286 g/mol. The molecule has 0 saturated carbocycles. The maximum atomic E-state index is 12.4. The van der Waals surface area contributed by atoms with Crippen molar-refractivity contribution in [1.82, 2.24) is 4.31 Å². The fourth-order valence-corrected chi connectivity index (χ4v) is 3.79. The first-order chi connectivity index (χ1) is 9.36. The number of benzene rings is 1. The van der Waals surface area contributed by atoms with Crippen LogP contribution in [-0.4, -0.2) is 54.7 Å². The summed E-state index contributed by atoms with van der Waals surface area (Å²) in [5.41, 5.74) is 0. The van der Waals surface area contributed by atoms with Gasteiger partial charge in [0.2, 0.25) is 10.0 Å². The molecule has 0 radical (unpaired) electrons. The monoisotopic (exact) mass is 301 g/mol. The van der Waals surface area contributed by atoms with Gasteiger partial charge in [0.15, 0.2) is 0 Å². The SMILES string of the molecule is COc1ccc(S(=O)(=O)N2C[C@H](O)C[C@@H]2C(=O)O)cc1. The van der Waals surface area contributed by atoms with E-state index in [0.717, 1.165) is 4.31 Å². The summed E-state index contributed by atoms with van der Waals surface area (Å²) < 4.78 is 30.6. The van der Waals surface area contributed by atoms with Gasteiger partial charge < -0.3 is 14.9 Å². The zero-order chi connectivity index (χ0) is 14.9. The molecule has 1 aliphatic rings. The quantitative estimate of drug-likeness (QED) is 0.805. The fraction of sp³-hybridized carbons (Fsp3) is 0.417. The molecular formula is C12H15NO6S. The van der Waals surface area contributed by atoms with Crippen LogP contribution in [0.4, 0.5) is 0 Å². The second-order valence-corrected chi connectivity index (χ2v) is 6.38. The highest BCUT2D eigenvalue weighted by Crippen LogP contribution is 2.27.